The number of hydrogen-bond acceptors (Lipinski definition) is 6. The van der Waals surface area contributed by atoms with Gasteiger partial charge >= 0.3 is 0 Å². The van der Waals surface area contributed by atoms with Gasteiger partial charge in [0.25, 0.3) is 0 Å². The number of amidine groups is 1. The number of hydrogen-bond donors (Lipinski definition) is 0. The summed E-state index contributed by atoms with van der Waals surface area (Å²) >= 11 is 0. The normalized spacial score (nSPS) is 18.6. The zero-order chi connectivity index (χ0) is 18.6. The summed E-state index contributed by atoms with van der Waals surface area (Å²) in [6.07, 6.45) is 8.23. The van der Waals surface area contributed by atoms with Crippen LogP contribution in [0.3, 0.4) is 0 Å². The molecular weight excluding hydrogens is 340 g/mol. The number of rotatable bonds is 2. The molecule has 1 aromatic rings. The predicted octanol–water partition coefficient (Wildman–Crippen LogP) is 1.36. The average molecular weight is 360 g/mol. The van der Waals surface area contributed by atoms with Gasteiger partial charge in [-0.25, -0.2) is 5.01 Å². The number of carbonyl (C=O) groups excluding carboxylic acids is 1. The topological polar surface area (TPSA) is 75.3 Å². The molecular formula is C20H20N6O. The zero-order valence-electron chi connectivity index (χ0n) is 15.0. The second-order valence-electron chi connectivity index (χ2n) is 6.60. The number of nitriles is 1. The Kier molecular flexibility index (Phi) is 4.71. The van der Waals surface area contributed by atoms with Crippen LogP contribution in [0.2, 0.25) is 0 Å². The molecule has 0 unspecified atom stereocenters. The molecule has 27 heavy (non-hydrogen) atoms. The van der Waals surface area contributed by atoms with E-state index in [1.165, 1.54) is 0 Å². The Hall–Kier alpha value is -3.40. The van der Waals surface area contributed by atoms with Crippen molar-refractivity contribution in [3.05, 3.63) is 59.3 Å². The van der Waals surface area contributed by atoms with Gasteiger partial charge in [0, 0.05) is 26.2 Å². The molecule has 0 radical (unpaired) electrons. The van der Waals surface area contributed by atoms with Gasteiger partial charge in [-0.05, 0) is 35.9 Å². The summed E-state index contributed by atoms with van der Waals surface area (Å²) in [5.41, 5.74) is 2.59. The minimum Gasteiger partial charge on any atom is -0.352 e. The number of piperazine rings is 1. The number of nitrogens with zero attached hydrogens (tertiary/aromatic N) is 6. The van der Waals surface area contributed by atoms with E-state index in [1.807, 2.05) is 29.2 Å². The van der Waals surface area contributed by atoms with Crippen LogP contribution in [-0.4, -0.2) is 65.6 Å². The minimum atomic E-state index is 0.119. The van der Waals surface area contributed by atoms with Gasteiger partial charge < -0.3 is 9.80 Å². The van der Waals surface area contributed by atoms with Gasteiger partial charge in [-0.1, -0.05) is 12.1 Å². The number of carbonyl (C=O) groups is 1. The van der Waals surface area contributed by atoms with E-state index in [-0.39, 0.29) is 5.91 Å². The zero-order valence-corrected chi connectivity index (χ0v) is 15.0. The average Bonchev–Trinajstić information content (AvgIpc) is 2.74. The molecule has 0 bridgehead atoms. The monoisotopic (exact) mass is 360 g/mol. The molecule has 7 nitrogen and oxygen atoms in total. The van der Waals surface area contributed by atoms with Gasteiger partial charge in [0.2, 0.25) is 5.91 Å². The summed E-state index contributed by atoms with van der Waals surface area (Å²) in [5.74, 6) is 1.02. The van der Waals surface area contributed by atoms with Crippen LogP contribution in [-0.2, 0) is 11.2 Å². The van der Waals surface area contributed by atoms with E-state index >= 15 is 0 Å². The van der Waals surface area contributed by atoms with E-state index in [0.717, 1.165) is 30.2 Å². The molecule has 1 amide bonds. The van der Waals surface area contributed by atoms with Crippen LogP contribution in [0, 0.1) is 11.3 Å². The highest BCUT2D eigenvalue weighted by Gasteiger charge is 2.24. The standard InChI is InChI=1S/C20H20N6O/c21-14-17-3-1-16(2-4-17)13-20(27)25-11-9-24(10-12-25)19-6-5-18-7-8-22-15-26(18)23-19/h1-7,15H,8-13H2. The Morgan fingerprint density at radius 3 is 2.63 bits per heavy atom. The highest BCUT2D eigenvalue weighted by Crippen LogP contribution is 2.16. The fraction of sp³-hybridized carbons (Fsp3) is 0.300. The molecule has 0 aliphatic carbocycles. The first-order valence-electron chi connectivity index (χ1n) is 9.01. The van der Waals surface area contributed by atoms with Gasteiger partial charge in [-0.3, -0.25) is 9.79 Å². The molecule has 0 atom stereocenters. The quantitative estimate of drug-likeness (QED) is 0.798. The highest BCUT2D eigenvalue weighted by molar-refractivity contribution is 5.95. The van der Waals surface area contributed by atoms with Crippen LogP contribution in [0.5, 0.6) is 0 Å². The Morgan fingerprint density at radius 2 is 1.89 bits per heavy atom. The number of benzene rings is 1. The summed E-state index contributed by atoms with van der Waals surface area (Å²) in [6.45, 7) is 3.57. The number of amides is 1. The maximum atomic E-state index is 12.6. The molecule has 1 saturated heterocycles. The van der Waals surface area contributed by atoms with Crippen LogP contribution >= 0.6 is 0 Å². The summed E-state index contributed by atoms with van der Waals surface area (Å²) in [7, 11) is 0. The largest absolute Gasteiger partial charge is 0.352 e. The third-order valence-electron chi connectivity index (χ3n) is 4.87. The maximum Gasteiger partial charge on any atom is 0.227 e. The SMILES string of the molecule is N#Cc1ccc(CC(=O)N2CCN(C3=NN4C=NCC=C4C=C3)CC2)cc1. The van der Waals surface area contributed by atoms with Crippen molar-refractivity contribution in [2.24, 2.45) is 10.1 Å². The Morgan fingerprint density at radius 1 is 1.11 bits per heavy atom. The molecule has 3 aliphatic rings. The highest BCUT2D eigenvalue weighted by atomic mass is 16.2. The van der Waals surface area contributed by atoms with Gasteiger partial charge in [-0.2, -0.15) is 5.26 Å². The van der Waals surface area contributed by atoms with Gasteiger partial charge in [-0.15, -0.1) is 5.10 Å². The lowest BCUT2D eigenvalue weighted by atomic mass is 10.1. The summed E-state index contributed by atoms with van der Waals surface area (Å²) in [4.78, 5) is 20.9. The molecule has 7 heteroatoms. The molecule has 0 spiro atoms. The van der Waals surface area contributed by atoms with Gasteiger partial charge in [0.1, 0.15) is 12.2 Å². The third-order valence-corrected chi connectivity index (χ3v) is 4.87. The number of allylic oxidation sites excluding steroid dienone is 1. The Labute approximate surface area is 158 Å². The van der Waals surface area contributed by atoms with E-state index in [9.17, 15) is 4.79 Å². The van der Waals surface area contributed by atoms with Crippen LogP contribution in [0.25, 0.3) is 0 Å². The number of fused-ring (bicyclic) bond motifs is 1. The second-order valence-corrected chi connectivity index (χ2v) is 6.60. The molecule has 0 aromatic heterocycles. The predicted molar refractivity (Wildman–Crippen MR) is 103 cm³/mol. The fourth-order valence-electron chi connectivity index (χ4n) is 3.30. The van der Waals surface area contributed by atoms with E-state index in [1.54, 1.807) is 23.5 Å². The lowest BCUT2D eigenvalue weighted by Gasteiger charge is -2.37. The van der Waals surface area contributed by atoms with Crippen molar-refractivity contribution in [3.8, 4) is 6.07 Å². The van der Waals surface area contributed by atoms with Crippen LogP contribution in [0.1, 0.15) is 11.1 Å². The molecule has 136 valence electrons. The first-order chi connectivity index (χ1) is 13.2. The summed E-state index contributed by atoms with van der Waals surface area (Å²) < 4.78 is 0. The van der Waals surface area contributed by atoms with Crippen molar-refractivity contribution >= 4 is 18.1 Å². The van der Waals surface area contributed by atoms with Crippen LogP contribution in [0.4, 0.5) is 0 Å². The number of aliphatic imine (C=N–C) groups is 1. The number of hydrazone groups is 1. The van der Waals surface area contributed by atoms with Crippen LogP contribution in [0.15, 0.2) is 58.3 Å². The molecule has 0 N–H and O–H groups in total. The summed E-state index contributed by atoms with van der Waals surface area (Å²) in [5, 5.41) is 15.3. The molecule has 3 aliphatic heterocycles. The Bertz CT molecular complexity index is 882. The molecule has 1 aromatic carbocycles. The molecule has 4 rings (SSSR count). The van der Waals surface area contributed by atoms with E-state index in [2.05, 4.69) is 27.1 Å². The maximum absolute atomic E-state index is 12.6. The van der Waals surface area contributed by atoms with Crippen LogP contribution < -0.4 is 0 Å². The lowest BCUT2D eigenvalue weighted by Crippen LogP contribution is -2.51. The fourth-order valence-corrected chi connectivity index (χ4v) is 3.30. The third kappa shape index (κ3) is 3.75. The van der Waals surface area contributed by atoms with Crippen molar-refractivity contribution < 1.29 is 4.79 Å². The van der Waals surface area contributed by atoms with Crippen molar-refractivity contribution in [3.63, 3.8) is 0 Å². The van der Waals surface area contributed by atoms with Gasteiger partial charge in [0.15, 0.2) is 0 Å². The van der Waals surface area contributed by atoms with Crippen molar-refractivity contribution in [1.82, 2.24) is 14.8 Å². The smallest absolute Gasteiger partial charge is 0.227 e. The lowest BCUT2D eigenvalue weighted by molar-refractivity contribution is -0.131. The van der Waals surface area contributed by atoms with Crippen molar-refractivity contribution in [2.75, 3.05) is 32.7 Å². The summed E-state index contributed by atoms with van der Waals surface area (Å²) in [6, 6.07) is 9.29. The second kappa shape index (κ2) is 7.46. The molecule has 0 saturated carbocycles. The first-order valence-corrected chi connectivity index (χ1v) is 9.01. The molecule has 3 heterocycles. The first kappa shape index (κ1) is 17.0. The van der Waals surface area contributed by atoms with Crippen molar-refractivity contribution in [2.45, 2.75) is 6.42 Å². The molecule has 1 fully saturated rings. The van der Waals surface area contributed by atoms with E-state index in [4.69, 9.17) is 5.26 Å². The van der Waals surface area contributed by atoms with E-state index in [0.29, 0.717) is 31.6 Å². The van der Waals surface area contributed by atoms with Gasteiger partial charge in [0.05, 0.1) is 30.3 Å². The Balaban J connectivity index is 1.33. The van der Waals surface area contributed by atoms with E-state index < -0.39 is 0 Å². The minimum absolute atomic E-state index is 0.119. The van der Waals surface area contributed by atoms with Crippen molar-refractivity contribution in [1.29, 1.82) is 5.26 Å².